The molecule has 0 radical (unpaired) electrons. The van der Waals surface area contributed by atoms with Gasteiger partial charge in [0, 0.05) is 9.79 Å². The van der Waals surface area contributed by atoms with Gasteiger partial charge in [0.2, 0.25) is 0 Å². The Morgan fingerprint density at radius 2 is 1.44 bits per heavy atom. The molecule has 0 fully saturated rings. The van der Waals surface area contributed by atoms with E-state index >= 15 is 0 Å². The number of hydrogen-bond acceptors (Lipinski definition) is 4. The topological polar surface area (TPSA) is 21.6 Å². The van der Waals surface area contributed by atoms with Gasteiger partial charge in [-0.05, 0) is 66.4 Å². The minimum atomic E-state index is 0.854. The van der Waals surface area contributed by atoms with Crippen molar-refractivity contribution in [2.24, 2.45) is 4.99 Å². The fourth-order valence-corrected chi connectivity index (χ4v) is 3.95. The molecule has 27 heavy (non-hydrogen) atoms. The zero-order chi connectivity index (χ0) is 18.9. The van der Waals surface area contributed by atoms with Crippen LogP contribution in [0.4, 0.5) is 5.69 Å². The third-order valence-electron chi connectivity index (χ3n) is 3.71. The van der Waals surface area contributed by atoms with Crippen molar-refractivity contribution in [1.29, 1.82) is 0 Å². The summed E-state index contributed by atoms with van der Waals surface area (Å²) >= 11 is 3.37. The van der Waals surface area contributed by atoms with Crippen LogP contribution >= 0.6 is 23.5 Å². The molecule has 136 valence electrons. The maximum atomic E-state index is 5.25. The summed E-state index contributed by atoms with van der Waals surface area (Å²) in [6.07, 6.45) is 0. The van der Waals surface area contributed by atoms with Crippen LogP contribution in [-0.4, -0.2) is 12.2 Å². The standard InChI is InChI=1S/C23H21NOS2/c1-18(17-26-21-11-7-4-8-12-21)23(24-19-9-5-3-6-10-19)27-22-15-13-20(25-2)14-16-22/h3-17H,1-2H3. The van der Waals surface area contributed by atoms with E-state index in [4.69, 9.17) is 9.73 Å². The molecule has 3 aromatic rings. The quantitative estimate of drug-likeness (QED) is 0.252. The molecule has 0 atom stereocenters. The lowest BCUT2D eigenvalue weighted by atomic mass is 10.3. The first-order chi connectivity index (χ1) is 13.2. The molecule has 0 N–H and O–H groups in total. The van der Waals surface area contributed by atoms with Gasteiger partial charge in [0.25, 0.3) is 0 Å². The molecule has 0 aliphatic rings. The molecule has 0 saturated carbocycles. The van der Waals surface area contributed by atoms with Crippen LogP contribution in [0.5, 0.6) is 5.75 Å². The van der Waals surface area contributed by atoms with Crippen LogP contribution in [0, 0.1) is 0 Å². The lowest BCUT2D eigenvalue weighted by molar-refractivity contribution is 0.414. The molecule has 0 aliphatic carbocycles. The number of benzene rings is 3. The van der Waals surface area contributed by atoms with E-state index in [1.807, 2.05) is 48.5 Å². The summed E-state index contributed by atoms with van der Waals surface area (Å²) in [5.74, 6) is 0.854. The fourth-order valence-electron chi connectivity index (χ4n) is 2.27. The number of thioether (sulfide) groups is 2. The highest BCUT2D eigenvalue weighted by Gasteiger charge is 2.07. The van der Waals surface area contributed by atoms with Gasteiger partial charge in [-0.3, -0.25) is 0 Å². The third kappa shape index (κ3) is 6.05. The van der Waals surface area contributed by atoms with E-state index in [1.54, 1.807) is 30.6 Å². The predicted molar refractivity (Wildman–Crippen MR) is 118 cm³/mol. The van der Waals surface area contributed by atoms with Crippen LogP contribution < -0.4 is 4.74 Å². The molecule has 0 heterocycles. The molecule has 0 spiro atoms. The van der Waals surface area contributed by atoms with Crippen molar-refractivity contribution in [3.05, 3.63) is 95.9 Å². The molecular formula is C23H21NOS2. The minimum Gasteiger partial charge on any atom is -0.497 e. The molecule has 3 aromatic carbocycles. The lowest BCUT2D eigenvalue weighted by Gasteiger charge is -2.08. The summed E-state index contributed by atoms with van der Waals surface area (Å²) in [5, 5.41) is 3.14. The Hall–Kier alpha value is -2.43. The van der Waals surface area contributed by atoms with E-state index in [-0.39, 0.29) is 0 Å². The summed E-state index contributed by atoms with van der Waals surface area (Å²) in [7, 11) is 1.68. The Balaban J connectivity index is 1.85. The number of methoxy groups -OCH3 is 1. The molecule has 2 nitrogen and oxygen atoms in total. The summed E-state index contributed by atoms with van der Waals surface area (Å²) in [5.41, 5.74) is 2.08. The van der Waals surface area contributed by atoms with Crippen molar-refractivity contribution in [3.8, 4) is 5.75 Å². The van der Waals surface area contributed by atoms with Crippen molar-refractivity contribution in [2.45, 2.75) is 16.7 Å². The lowest BCUT2D eigenvalue weighted by Crippen LogP contribution is -1.94. The first-order valence-corrected chi connectivity index (χ1v) is 10.3. The van der Waals surface area contributed by atoms with Crippen LogP contribution in [0.25, 0.3) is 0 Å². The van der Waals surface area contributed by atoms with Gasteiger partial charge in [0.05, 0.1) is 12.8 Å². The molecule has 0 unspecified atom stereocenters. The second-order valence-corrected chi connectivity index (χ2v) is 7.77. The van der Waals surface area contributed by atoms with E-state index < -0.39 is 0 Å². The van der Waals surface area contributed by atoms with Crippen molar-refractivity contribution >= 4 is 34.3 Å². The number of aliphatic imine (C=N–C) groups is 1. The molecular weight excluding hydrogens is 370 g/mol. The van der Waals surface area contributed by atoms with E-state index in [2.05, 4.69) is 48.7 Å². The summed E-state index contributed by atoms with van der Waals surface area (Å²) < 4.78 is 5.25. The number of rotatable bonds is 6. The molecule has 0 amide bonds. The smallest absolute Gasteiger partial charge is 0.118 e. The molecule has 4 heteroatoms. The second-order valence-electron chi connectivity index (χ2n) is 5.76. The average Bonchev–Trinajstić information content (AvgIpc) is 2.73. The van der Waals surface area contributed by atoms with Crippen molar-refractivity contribution < 1.29 is 4.74 Å². The highest BCUT2D eigenvalue weighted by Crippen LogP contribution is 2.30. The van der Waals surface area contributed by atoms with Gasteiger partial charge in [-0.1, -0.05) is 59.9 Å². The zero-order valence-corrected chi connectivity index (χ0v) is 17.0. The fraction of sp³-hybridized carbons (Fsp3) is 0.0870. The first-order valence-electron chi connectivity index (χ1n) is 8.59. The van der Waals surface area contributed by atoms with E-state index in [1.165, 1.54) is 4.90 Å². The van der Waals surface area contributed by atoms with Crippen LogP contribution in [0.2, 0.25) is 0 Å². The maximum absolute atomic E-state index is 5.25. The molecule has 0 saturated heterocycles. The van der Waals surface area contributed by atoms with Crippen molar-refractivity contribution in [3.63, 3.8) is 0 Å². The summed E-state index contributed by atoms with van der Waals surface area (Å²) in [6.45, 7) is 2.11. The van der Waals surface area contributed by atoms with Crippen LogP contribution in [0.3, 0.4) is 0 Å². The Morgan fingerprint density at radius 1 is 0.815 bits per heavy atom. The minimum absolute atomic E-state index is 0.854. The van der Waals surface area contributed by atoms with Crippen molar-refractivity contribution in [1.82, 2.24) is 0 Å². The van der Waals surface area contributed by atoms with E-state index in [0.717, 1.165) is 26.9 Å². The number of para-hydroxylation sites is 1. The van der Waals surface area contributed by atoms with E-state index in [0.29, 0.717) is 0 Å². The summed E-state index contributed by atoms with van der Waals surface area (Å²) in [4.78, 5) is 7.22. The van der Waals surface area contributed by atoms with E-state index in [9.17, 15) is 0 Å². The Morgan fingerprint density at radius 3 is 2.07 bits per heavy atom. The molecule has 3 rings (SSSR count). The first kappa shape index (κ1) is 19.3. The molecule has 0 aliphatic heterocycles. The van der Waals surface area contributed by atoms with Crippen molar-refractivity contribution in [2.75, 3.05) is 7.11 Å². The molecule has 0 bridgehead atoms. The van der Waals surface area contributed by atoms with Gasteiger partial charge < -0.3 is 4.74 Å². The SMILES string of the molecule is COc1ccc(SC(=Nc2ccccc2)C(C)=CSc2ccccc2)cc1. The van der Waals surface area contributed by atoms with Gasteiger partial charge in [0.15, 0.2) is 0 Å². The average molecular weight is 392 g/mol. The summed E-state index contributed by atoms with van der Waals surface area (Å²) in [6, 6.07) is 28.5. The monoisotopic (exact) mass is 391 g/mol. The Kier molecular flexibility index (Phi) is 7.19. The zero-order valence-electron chi connectivity index (χ0n) is 15.3. The van der Waals surface area contributed by atoms with Crippen LogP contribution in [0.15, 0.2) is 111 Å². The number of ether oxygens (including phenoxy) is 1. The van der Waals surface area contributed by atoms with Gasteiger partial charge in [-0.2, -0.15) is 0 Å². The number of nitrogens with zero attached hydrogens (tertiary/aromatic N) is 1. The Bertz CT molecular complexity index is 904. The van der Waals surface area contributed by atoms with Gasteiger partial charge in [-0.15, -0.1) is 0 Å². The largest absolute Gasteiger partial charge is 0.497 e. The highest BCUT2D eigenvalue weighted by atomic mass is 32.2. The van der Waals surface area contributed by atoms with Gasteiger partial charge in [-0.25, -0.2) is 4.99 Å². The van der Waals surface area contributed by atoms with Gasteiger partial charge in [0.1, 0.15) is 10.8 Å². The van der Waals surface area contributed by atoms with Crippen LogP contribution in [-0.2, 0) is 0 Å². The molecule has 0 aromatic heterocycles. The number of hydrogen-bond donors (Lipinski definition) is 0. The second kappa shape index (κ2) is 10.0. The van der Waals surface area contributed by atoms with Gasteiger partial charge >= 0.3 is 0 Å². The normalized spacial score (nSPS) is 12.1. The maximum Gasteiger partial charge on any atom is 0.118 e. The van der Waals surface area contributed by atoms with Crippen LogP contribution in [0.1, 0.15) is 6.92 Å². The highest BCUT2D eigenvalue weighted by molar-refractivity contribution is 8.14. The predicted octanol–water partition coefficient (Wildman–Crippen LogP) is 7.21. The Labute approximate surface area is 169 Å². The third-order valence-corrected chi connectivity index (χ3v) is 5.84.